The molecule has 4 N–H and O–H groups in total. The highest BCUT2D eigenvalue weighted by Crippen LogP contribution is 2.19. The second kappa shape index (κ2) is 17.1. The first-order valence-corrected chi connectivity index (χ1v) is 16.6. The van der Waals surface area contributed by atoms with E-state index in [1.807, 2.05) is 57.2 Å². The Morgan fingerprint density at radius 1 is 1.02 bits per heavy atom. The van der Waals surface area contributed by atoms with Crippen LogP contribution in [0.5, 0.6) is 5.75 Å². The maximum atomic E-state index is 14.0. The second-order valence-electron chi connectivity index (χ2n) is 12.6. The van der Waals surface area contributed by atoms with Crippen LogP contribution in [0.1, 0.15) is 70.1 Å². The van der Waals surface area contributed by atoms with E-state index in [2.05, 4.69) is 16.1 Å². The Labute approximate surface area is 277 Å². The minimum Gasteiger partial charge on any atom is -0.508 e. The number of phenols is 1. The molecule has 5 atom stereocenters. The van der Waals surface area contributed by atoms with Crippen LogP contribution < -0.4 is 16.1 Å². The molecule has 0 spiro atoms. The summed E-state index contributed by atoms with van der Waals surface area (Å²) in [4.78, 5) is 54.4. The summed E-state index contributed by atoms with van der Waals surface area (Å²) in [5, 5.41) is 17.2. The molecule has 254 valence electrons. The van der Waals surface area contributed by atoms with Gasteiger partial charge >= 0.3 is 5.97 Å². The van der Waals surface area contributed by atoms with Crippen molar-refractivity contribution in [3.63, 3.8) is 0 Å². The lowest BCUT2D eigenvalue weighted by Crippen LogP contribution is -2.62. The number of aromatic hydroxyl groups is 1. The summed E-state index contributed by atoms with van der Waals surface area (Å²) in [6.07, 6.45) is 6.02. The molecule has 11 nitrogen and oxygen atoms in total. The normalized spacial score (nSPS) is 26.0. The summed E-state index contributed by atoms with van der Waals surface area (Å²) in [5.41, 5.74) is 5.43. The highest BCUT2D eigenvalue weighted by molar-refractivity contribution is 5.93. The number of hydrazine groups is 1. The highest BCUT2D eigenvalue weighted by Gasteiger charge is 2.36. The van der Waals surface area contributed by atoms with Gasteiger partial charge in [-0.2, -0.15) is 0 Å². The van der Waals surface area contributed by atoms with Gasteiger partial charge < -0.3 is 25.2 Å². The van der Waals surface area contributed by atoms with Gasteiger partial charge in [0.1, 0.15) is 30.5 Å². The summed E-state index contributed by atoms with van der Waals surface area (Å²) in [5.74, 6) is -2.53. The number of hydrogen-bond acceptors (Lipinski definition) is 8. The molecule has 0 radical (unpaired) electrons. The Balaban J connectivity index is 1.65. The number of esters is 1. The topological polar surface area (TPSA) is 146 Å². The van der Waals surface area contributed by atoms with Gasteiger partial charge in [0.15, 0.2) is 0 Å². The van der Waals surface area contributed by atoms with E-state index in [0.717, 1.165) is 11.1 Å². The minimum absolute atomic E-state index is 0.0322. The van der Waals surface area contributed by atoms with Crippen molar-refractivity contribution in [2.75, 3.05) is 13.2 Å². The van der Waals surface area contributed by atoms with E-state index in [0.29, 0.717) is 44.4 Å². The standard InChI is InChI=1S/C36H48N4O7/c1-5-46-31-17-7-6-11-25-12-8-14-27(19-25)22-47-36(45)29-16-10-18-40(39-29)35(44)30(21-26-13-9-15-28(41)20-26)37-34(43)32(23(2)3)38-33(42)24(31)4/h6,8-9,11-15,19-20,23-24,29-32,39,41H,5,7,10,16-18,21-22H2,1-4H3,(H,37,43)(H,38,42)/b11-6+. The monoisotopic (exact) mass is 648 g/mol. The fourth-order valence-electron chi connectivity index (χ4n) is 5.89. The van der Waals surface area contributed by atoms with Crippen LogP contribution in [0.4, 0.5) is 0 Å². The van der Waals surface area contributed by atoms with Crippen LogP contribution in [0.25, 0.3) is 6.08 Å². The van der Waals surface area contributed by atoms with Gasteiger partial charge in [0.05, 0.1) is 12.0 Å². The number of amides is 3. The fraction of sp³-hybridized carbons (Fsp3) is 0.500. The molecule has 2 heterocycles. The number of ether oxygens (including phenoxy) is 2. The molecule has 0 saturated carbocycles. The van der Waals surface area contributed by atoms with E-state index < -0.39 is 41.8 Å². The lowest BCUT2D eigenvalue weighted by Gasteiger charge is -2.35. The summed E-state index contributed by atoms with van der Waals surface area (Å²) in [6.45, 7) is 8.17. The van der Waals surface area contributed by atoms with Gasteiger partial charge in [0.25, 0.3) is 5.91 Å². The van der Waals surface area contributed by atoms with Crippen molar-refractivity contribution >= 4 is 29.8 Å². The number of hydrogen-bond donors (Lipinski definition) is 4. The van der Waals surface area contributed by atoms with E-state index in [9.17, 15) is 24.3 Å². The molecule has 2 aliphatic rings. The van der Waals surface area contributed by atoms with Crippen LogP contribution in [0.2, 0.25) is 0 Å². The average Bonchev–Trinajstić information content (AvgIpc) is 3.06. The molecular weight excluding hydrogens is 600 g/mol. The van der Waals surface area contributed by atoms with Gasteiger partial charge in [-0.1, -0.05) is 63.3 Å². The smallest absolute Gasteiger partial charge is 0.325 e. The zero-order valence-corrected chi connectivity index (χ0v) is 27.7. The van der Waals surface area contributed by atoms with Gasteiger partial charge in [0.2, 0.25) is 11.8 Å². The Hall–Kier alpha value is -4.22. The lowest BCUT2D eigenvalue weighted by molar-refractivity contribution is -0.154. The molecule has 0 aromatic heterocycles. The summed E-state index contributed by atoms with van der Waals surface area (Å²) < 4.78 is 11.6. The van der Waals surface area contributed by atoms with Gasteiger partial charge in [0, 0.05) is 19.6 Å². The molecule has 4 rings (SSSR count). The first-order chi connectivity index (χ1) is 22.5. The van der Waals surface area contributed by atoms with Crippen LogP contribution in [0.3, 0.4) is 0 Å². The van der Waals surface area contributed by atoms with Crippen molar-refractivity contribution in [1.29, 1.82) is 0 Å². The van der Waals surface area contributed by atoms with E-state index in [-0.39, 0.29) is 36.7 Å². The Bertz CT molecular complexity index is 1430. The summed E-state index contributed by atoms with van der Waals surface area (Å²) in [6, 6.07) is 11.5. The highest BCUT2D eigenvalue weighted by atomic mass is 16.5. The van der Waals surface area contributed by atoms with Crippen molar-refractivity contribution in [3.8, 4) is 5.75 Å². The number of phenolic OH excluding ortho intramolecular Hbond substituents is 1. The zero-order chi connectivity index (χ0) is 33.9. The van der Waals surface area contributed by atoms with Gasteiger partial charge in [-0.3, -0.25) is 24.2 Å². The van der Waals surface area contributed by atoms with Crippen LogP contribution in [-0.2, 0) is 41.7 Å². The van der Waals surface area contributed by atoms with Crippen molar-refractivity contribution in [3.05, 3.63) is 71.3 Å². The van der Waals surface area contributed by atoms with Gasteiger partial charge in [-0.15, -0.1) is 0 Å². The number of nitrogens with one attached hydrogen (secondary N) is 3. The van der Waals surface area contributed by atoms with Crippen molar-refractivity contribution < 1.29 is 33.8 Å². The van der Waals surface area contributed by atoms with Gasteiger partial charge in [-0.25, -0.2) is 5.43 Å². The maximum Gasteiger partial charge on any atom is 0.325 e. The first kappa shape index (κ1) is 35.6. The molecule has 4 bridgehead atoms. The number of allylic oxidation sites excluding steroid dienone is 1. The zero-order valence-electron chi connectivity index (χ0n) is 27.7. The van der Waals surface area contributed by atoms with E-state index >= 15 is 0 Å². The Morgan fingerprint density at radius 2 is 1.81 bits per heavy atom. The third-order valence-electron chi connectivity index (χ3n) is 8.56. The molecule has 1 fully saturated rings. The Morgan fingerprint density at radius 3 is 2.55 bits per heavy atom. The maximum absolute atomic E-state index is 14.0. The summed E-state index contributed by atoms with van der Waals surface area (Å²) in [7, 11) is 0. The molecule has 11 heteroatoms. The molecular formula is C36H48N4O7. The van der Waals surface area contributed by atoms with Crippen LogP contribution >= 0.6 is 0 Å². The third-order valence-corrected chi connectivity index (χ3v) is 8.56. The number of rotatable bonds is 5. The largest absolute Gasteiger partial charge is 0.508 e. The SMILES string of the molecule is CCOC1CC/C=C/c2cccc(c2)COC(=O)C2CCCN(N2)C(=O)C(Cc2cccc(O)c2)NC(=O)C(C(C)C)NC(=O)C1C. The number of benzene rings is 2. The summed E-state index contributed by atoms with van der Waals surface area (Å²) >= 11 is 0. The van der Waals surface area contributed by atoms with Gasteiger partial charge in [-0.05, 0) is 73.4 Å². The third kappa shape index (κ3) is 10.1. The molecule has 3 amide bonds. The first-order valence-electron chi connectivity index (χ1n) is 16.6. The predicted molar refractivity (Wildman–Crippen MR) is 177 cm³/mol. The van der Waals surface area contributed by atoms with Crippen molar-refractivity contribution in [1.82, 2.24) is 21.1 Å². The Kier molecular flexibility index (Phi) is 12.9. The fourth-order valence-corrected chi connectivity index (χ4v) is 5.89. The van der Waals surface area contributed by atoms with Crippen molar-refractivity contribution in [2.24, 2.45) is 11.8 Å². The van der Waals surface area contributed by atoms with E-state index in [1.54, 1.807) is 19.1 Å². The molecule has 5 unspecified atom stereocenters. The minimum atomic E-state index is -1.05. The molecule has 47 heavy (non-hydrogen) atoms. The van der Waals surface area contributed by atoms with Crippen LogP contribution in [-0.4, -0.2) is 71.2 Å². The van der Waals surface area contributed by atoms with Crippen LogP contribution in [0, 0.1) is 11.8 Å². The predicted octanol–water partition coefficient (Wildman–Crippen LogP) is 3.65. The quantitative estimate of drug-likeness (QED) is 0.360. The average molecular weight is 649 g/mol. The lowest BCUT2D eigenvalue weighted by atomic mass is 9.96. The second-order valence-corrected chi connectivity index (χ2v) is 12.6. The van der Waals surface area contributed by atoms with E-state index in [1.165, 1.54) is 17.1 Å². The number of fused-ring (bicyclic) bond motifs is 4. The molecule has 2 aromatic carbocycles. The number of carbonyl (C=O) groups is 4. The van der Waals surface area contributed by atoms with Crippen LogP contribution in [0.15, 0.2) is 54.6 Å². The molecule has 0 aliphatic carbocycles. The number of cyclic esters (lactones) is 1. The molecule has 2 aromatic rings. The van der Waals surface area contributed by atoms with E-state index in [4.69, 9.17) is 9.47 Å². The van der Waals surface area contributed by atoms with Crippen molar-refractivity contribution in [2.45, 2.75) is 90.6 Å². The molecule has 1 saturated heterocycles. The molecule has 2 aliphatic heterocycles. The number of carbonyl (C=O) groups excluding carboxylic acids is 4. The number of nitrogens with zero attached hydrogens (tertiary/aromatic N) is 1.